The van der Waals surface area contributed by atoms with Crippen molar-refractivity contribution in [2.75, 3.05) is 19.6 Å². The van der Waals surface area contributed by atoms with Crippen LogP contribution in [0.4, 0.5) is 0 Å². The summed E-state index contributed by atoms with van der Waals surface area (Å²) >= 11 is 0. The van der Waals surface area contributed by atoms with Gasteiger partial charge in [-0.1, -0.05) is 0 Å². The topological polar surface area (TPSA) is 15.3 Å². The molecule has 1 aliphatic rings. The van der Waals surface area contributed by atoms with Gasteiger partial charge < -0.3 is 5.32 Å². The molecule has 0 atom stereocenters. The van der Waals surface area contributed by atoms with Crippen molar-refractivity contribution in [1.82, 2.24) is 10.2 Å². The van der Waals surface area contributed by atoms with Crippen molar-refractivity contribution in [2.24, 2.45) is 0 Å². The molecule has 0 spiro atoms. The van der Waals surface area contributed by atoms with Crippen molar-refractivity contribution < 1.29 is 0 Å². The standard InChI is InChI=1S/C14H30N2/c1-13(2,3)15-10-6-7-11-16-12-8-9-14(16,4)5/h15H,6-12H2,1-5H3. The molecule has 0 saturated carbocycles. The Labute approximate surface area is 102 Å². The van der Waals surface area contributed by atoms with Crippen LogP contribution in [-0.2, 0) is 0 Å². The Morgan fingerprint density at radius 3 is 2.38 bits per heavy atom. The van der Waals surface area contributed by atoms with Gasteiger partial charge in [-0.15, -0.1) is 0 Å². The quantitative estimate of drug-likeness (QED) is 0.725. The molecule has 0 aromatic carbocycles. The molecule has 1 fully saturated rings. The number of rotatable bonds is 5. The minimum Gasteiger partial charge on any atom is -0.312 e. The van der Waals surface area contributed by atoms with Crippen LogP contribution in [-0.4, -0.2) is 35.6 Å². The first-order chi connectivity index (χ1) is 7.31. The number of unbranched alkanes of at least 4 members (excludes halogenated alkanes) is 1. The first-order valence-electron chi connectivity index (χ1n) is 6.81. The molecule has 2 heteroatoms. The smallest absolute Gasteiger partial charge is 0.0153 e. The number of likely N-dealkylation sites (tertiary alicyclic amines) is 1. The zero-order valence-electron chi connectivity index (χ0n) is 11.9. The van der Waals surface area contributed by atoms with E-state index in [-0.39, 0.29) is 5.54 Å². The molecule has 1 N–H and O–H groups in total. The van der Waals surface area contributed by atoms with Crippen LogP contribution < -0.4 is 5.32 Å². The molecule has 0 amide bonds. The van der Waals surface area contributed by atoms with Crippen LogP contribution in [0.5, 0.6) is 0 Å². The van der Waals surface area contributed by atoms with E-state index >= 15 is 0 Å². The molecule has 0 radical (unpaired) electrons. The lowest BCUT2D eigenvalue weighted by atomic mass is 10.0. The van der Waals surface area contributed by atoms with Gasteiger partial charge in [0.05, 0.1) is 0 Å². The molecule has 16 heavy (non-hydrogen) atoms. The van der Waals surface area contributed by atoms with E-state index in [0.29, 0.717) is 5.54 Å². The second-order valence-electron chi connectivity index (χ2n) is 6.79. The van der Waals surface area contributed by atoms with Crippen LogP contribution in [0.3, 0.4) is 0 Å². The van der Waals surface area contributed by atoms with Gasteiger partial charge in [-0.25, -0.2) is 0 Å². The number of nitrogens with one attached hydrogen (secondary N) is 1. The van der Waals surface area contributed by atoms with Crippen molar-refractivity contribution in [3.8, 4) is 0 Å². The second-order valence-corrected chi connectivity index (χ2v) is 6.79. The van der Waals surface area contributed by atoms with Gasteiger partial charge in [0.15, 0.2) is 0 Å². The zero-order valence-corrected chi connectivity index (χ0v) is 11.9. The first kappa shape index (κ1) is 14.0. The Hall–Kier alpha value is -0.0800. The zero-order chi connectivity index (χ0) is 12.2. The van der Waals surface area contributed by atoms with Gasteiger partial charge in [-0.3, -0.25) is 4.90 Å². The number of nitrogens with zero attached hydrogens (tertiary/aromatic N) is 1. The van der Waals surface area contributed by atoms with E-state index in [2.05, 4.69) is 44.8 Å². The van der Waals surface area contributed by atoms with E-state index in [1.165, 1.54) is 38.8 Å². The summed E-state index contributed by atoms with van der Waals surface area (Å²) in [6.07, 6.45) is 5.37. The van der Waals surface area contributed by atoms with Crippen LogP contribution >= 0.6 is 0 Å². The molecule has 0 unspecified atom stereocenters. The molecule has 1 saturated heterocycles. The highest BCUT2D eigenvalue weighted by molar-refractivity contribution is 4.87. The Morgan fingerprint density at radius 2 is 1.88 bits per heavy atom. The highest BCUT2D eigenvalue weighted by atomic mass is 15.2. The predicted molar refractivity (Wildman–Crippen MR) is 71.9 cm³/mol. The Bertz CT molecular complexity index is 203. The minimum atomic E-state index is 0.271. The Kier molecular flexibility index (Phi) is 4.81. The number of hydrogen-bond acceptors (Lipinski definition) is 2. The predicted octanol–water partition coefficient (Wildman–Crippen LogP) is 3.03. The second kappa shape index (κ2) is 5.50. The van der Waals surface area contributed by atoms with Crippen molar-refractivity contribution >= 4 is 0 Å². The van der Waals surface area contributed by atoms with E-state index in [0.717, 1.165) is 6.54 Å². The van der Waals surface area contributed by atoms with Crippen LogP contribution in [0.2, 0.25) is 0 Å². The van der Waals surface area contributed by atoms with Crippen molar-refractivity contribution in [3.05, 3.63) is 0 Å². The fourth-order valence-corrected chi connectivity index (χ4v) is 2.47. The van der Waals surface area contributed by atoms with Gasteiger partial charge in [0, 0.05) is 11.1 Å². The van der Waals surface area contributed by atoms with Crippen LogP contribution in [0, 0.1) is 0 Å². The Balaban J connectivity index is 2.08. The van der Waals surface area contributed by atoms with E-state index in [1.807, 2.05) is 0 Å². The van der Waals surface area contributed by atoms with Crippen molar-refractivity contribution in [3.63, 3.8) is 0 Å². The van der Waals surface area contributed by atoms with Gasteiger partial charge in [-0.2, -0.15) is 0 Å². The molecule has 0 aromatic heterocycles. The third kappa shape index (κ3) is 4.84. The normalized spacial score (nSPS) is 21.6. The molecule has 0 aromatic rings. The monoisotopic (exact) mass is 226 g/mol. The van der Waals surface area contributed by atoms with Crippen molar-refractivity contribution in [1.29, 1.82) is 0 Å². The summed E-state index contributed by atoms with van der Waals surface area (Å²) in [5, 5.41) is 3.55. The summed E-state index contributed by atoms with van der Waals surface area (Å²) in [5.41, 5.74) is 0.727. The highest BCUT2D eigenvalue weighted by Crippen LogP contribution is 2.28. The van der Waals surface area contributed by atoms with E-state index in [4.69, 9.17) is 0 Å². The summed E-state index contributed by atoms with van der Waals surface area (Å²) < 4.78 is 0. The van der Waals surface area contributed by atoms with Crippen LogP contribution in [0.15, 0.2) is 0 Å². The third-order valence-corrected chi connectivity index (χ3v) is 3.58. The maximum atomic E-state index is 3.55. The molecule has 1 aliphatic heterocycles. The molecular formula is C14H30N2. The largest absolute Gasteiger partial charge is 0.312 e. The SMILES string of the molecule is CC(C)(C)NCCCCN1CCCC1(C)C. The first-order valence-corrected chi connectivity index (χ1v) is 6.81. The highest BCUT2D eigenvalue weighted by Gasteiger charge is 2.30. The Morgan fingerprint density at radius 1 is 1.19 bits per heavy atom. The summed E-state index contributed by atoms with van der Waals surface area (Å²) in [5.74, 6) is 0. The molecule has 1 heterocycles. The lowest BCUT2D eigenvalue weighted by Gasteiger charge is -2.31. The lowest BCUT2D eigenvalue weighted by Crippen LogP contribution is -2.39. The van der Waals surface area contributed by atoms with Gasteiger partial charge in [0.1, 0.15) is 0 Å². The van der Waals surface area contributed by atoms with E-state index in [9.17, 15) is 0 Å². The maximum Gasteiger partial charge on any atom is 0.0153 e. The average molecular weight is 226 g/mol. The fourth-order valence-electron chi connectivity index (χ4n) is 2.47. The molecular weight excluding hydrogens is 196 g/mol. The van der Waals surface area contributed by atoms with Gasteiger partial charge in [0.2, 0.25) is 0 Å². The van der Waals surface area contributed by atoms with Gasteiger partial charge in [0.25, 0.3) is 0 Å². The summed E-state index contributed by atoms with van der Waals surface area (Å²) in [7, 11) is 0. The summed E-state index contributed by atoms with van der Waals surface area (Å²) in [6, 6.07) is 0. The van der Waals surface area contributed by atoms with E-state index < -0.39 is 0 Å². The summed E-state index contributed by atoms with van der Waals surface area (Å²) in [4.78, 5) is 2.66. The molecule has 96 valence electrons. The summed E-state index contributed by atoms with van der Waals surface area (Å²) in [6.45, 7) is 15.2. The number of hydrogen-bond donors (Lipinski definition) is 1. The van der Waals surface area contributed by atoms with Gasteiger partial charge >= 0.3 is 0 Å². The van der Waals surface area contributed by atoms with Crippen LogP contribution in [0.25, 0.3) is 0 Å². The van der Waals surface area contributed by atoms with Crippen LogP contribution in [0.1, 0.15) is 60.3 Å². The molecule has 0 bridgehead atoms. The molecule has 2 nitrogen and oxygen atoms in total. The maximum absolute atomic E-state index is 3.55. The molecule has 0 aliphatic carbocycles. The molecule has 1 rings (SSSR count). The fraction of sp³-hybridized carbons (Fsp3) is 1.00. The lowest BCUT2D eigenvalue weighted by molar-refractivity contribution is 0.171. The van der Waals surface area contributed by atoms with Gasteiger partial charge in [-0.05, 0) is 79.9 Å². The third-order valence-electron chi connectivity index (χ3n) is 3.58. The van der Waals surface area contributed by atoms with E-state index in [1.54, 1.807) is 0 Å². The van der Waals surface area contributed by atoms with Crippen molar-refractivity contribution in [2.45, 2.75) is 71.4 Å². The minimum absolute atomic E-state index is 0.271. The average Bonchev–Trinajstić information content (AvgIpc) is 2.43.